The van der Waals surface area contributed by atoms with Gasteiger partial charge in [-0.05, 0) is 25.7 Å². The molecule has 0 spiro atoms. The van der Waals surface area contributed by atoms with Gasteiger partial charge in [-0.15, -0.1) is 11.3 Å². The minimum atomic E-state index is 0.0660. The molecule has 3 nitrogen and oxygen atoms in total. The van der Waals surface area contributed by atoms with E-state index in [0.29, 0.717) is 30.6 Å². The predicted molar refractivity (Wildman–Crippen MR) is 82.3 cm³/mol. The highest BCUT2D eigenvalue weighted by Crippen LogP contribution is 2.33. The lowest BCUT2D eigenvalue weighted by atomic mass is 9.79. The fourth-order valence-corrected chi connectivity index (χ4v) is 3.56. The molecule has 0 aliphatic heterocycles. The molecule has 1 aliphatic rings. The summed E-state index contributed by atoms with van der Waals surface area (Å²) in [7, 11) is 0. The zero-order chi connectivity index (χ0) is 14.8. The molecule has 0 radical (unpaired) electrons. The third-order valence-electron chi connectivity index (χ3n) is 3.78. The van der Waals surface area contributed by atoms with Crippen LogP contribution in [0.3, 0.4) is 0 Å². The monoisotopic (exact) mass is 295 g/mol. The molecule has 1 aromatic rings. The zero-order valence-electron chi connectivity index (χ0n) is 12.9. The first-order valence-corrected chi connectivity index (χ1v) is 8.34. The normalized spacial score (nSPS) is 22.6. The lowest BCUT2D eigenvalue weighted by Gasteiger charge is -2.34. The van der Waals surface area contributed by atoms with E-state index in [-0.39, 0.29) is 5.41 Å². The first-order chi connectivity index (χ1) is 9.38. The van der Waals surface area contributed by atoms with Gasteiger partial charge in [0.25, 0.3) is 0 Å². The minimum absolute atomic E-state index is 0.0660. The highest BCUT2D eigenvalue weighted by molar-refractivity contribution is 7.09. The average molecular weight is 295 g/mol. The Hall–Kier alpha value is -0.740. The number of hydrogen-bond acceptors (Lipinski definition) is 4. The van der Waals surface area contributed by atoms with Crippen molar-refractivity contribution < 1.29 is 9.53 Å². The number of thiazole rings is 1. The molecule has 0 atom stereocenters. The summed E-state index contributed by atoms with van der Waals surface area (Å²) >= 11 is 1.61. The van der Waals surface area contributed by atoms with Crippen molar-refractivity contribution in [2.75, 3.05) is 6.61 Å². The second kappa shape index (κ2) is 6.35. The van der Waals surface area contributed by atoms with Gasteiger partial charge in [0, 0.05) is 23.8 Å². The molecule has 0 amide bonds. The summed E-state index contributed by atoms with van der Waals surface area (Å²) in [4.78, 5) is 16.7. The van der Waals surface area contributed by atoms with Gasteiger partial charge < -0.3 is 4.74 Å². The molecule has 112 valence electrons. The number of rotatable bonds is 6. The van der Waals surface area contributed by atoms with E-state index in [1.54, 1.807) is 11.3 Å². The quantitative estimate of drug-likeness (QED) is 0.802. The van der Waals surface area contributed by atoms with E-state index in [4.69, 9.17) is 4.74 Å². The fraction of sp³-hybridized carbons (Fsp3) is 0.750. The van der Waals surface area contributed by atoms with Crippen LogP contribution >= 0.6 is 11.3 Å². The Balaban J connectivity index is 1.77. The number of Topliss-reactive ketones (excluding diaryl/α,β-unsaturated/α-hetero) is 1. The van der Waals surface area contributed by atoms with Crippen LogP contribution in [0, 0.1) is 5.92 Å². The molecule has 0 aromatic carbocycles. The molecular weight excluding hydrogens is 270 g/mol. The smallest absolute Gasteiger partial charge is 0.139 e. The van der Waals surface area contributed by atoms with Gasteiger partial charge in [0.05, 0.1) is 18.2 Å². The second-order valence-electron chi connectivity index (χ2n) is 6.71. The molecule has 4 heteroatoms. The molecule has 2 rings (SSSR count). The Morgan fingerprint density at radius 2 is 2.15 bits per heavy atom. The van der Waals surface area contributed by atoms with E-state index in [9.17, 15) is 4.79 Å². The Morgan fingerprint density at radius 1 is 1.45 bits per heavy atom. The molecule has 0 unspecified atom stereocenters. The largest absolute Gasteiger partial charge is 0.378 e. The van der Waals surface area contributed by atoms with Gasteiger partial charge in [0.1, 0.15) is 10.8 Å². The second-order valence-corrected chi connectivity index (χ2v) is 7.65. The van der Waals surface area contributed by atoms with Gasteiger partial charge in [0.15, 0.2) is 0 Å². The number of nitrogens with zero attached hydrogens (tertiary/aromatic N) is 1. The summed E-state index contributed by atoms with van der Waals surface area (Å²) in [5.74, 6) is 0.848. The first kappa shape index (κ1) is 15.6. The third-order valence-corrected chi connectivity index (χ3v) is 4.63. The van der Waals surface area contributed by atoms with Crippen molar-refractivity contribution in [3.63, 3.8) is 0 Å². The zero-order valence-corrected chi connectivity index (χ0v) is 13.8. The van der Waals surface area contributed by atoms with Gasteiger partial charge in [0.2, 0.25) is 0 Å². The predicted octanol–water partition coefficient (Wildman–Crippen LogP) is 3.76. The maximum atomic E-state index is 12.1. The maximum absolute atomic E-state index is 12.1. The number of ether oxygens (including phenoxy) is 1. The first-order valence-electron chi connectivity index (χ1n) is 7.46. The Morgan fingerprint density at radius 3 is 2.70 bits per heavy atom. The Bertz CT molecular complexity index is 455. The van der Waals surface area contributed by atoms with E-state index in [0.717, 1.165) is 30.2 Å². The number of hydrogen-bond donors (Lipinski definition) is 0. The highest BCUT2D eigenvalue weighted by Gasteiger charge is 2.31. The number of carbonyl (C=O) groups is 1. The molecule has 1 saturated carbocycles. The van der Waals surface area contributed by atoms with Gasteiger partial charge in [-0.25, -0.2) is 4.98 Å². The summed E-state index contributed by atoms with van der Waals surface area (Å²) < 4.78 is 5.53. The third kappa shape index (κ3) is 4.13. The van der Waals surface area contributed by atoms with Gasteiger partial charge in [-0.1, -0.05) is 20.8 Å². The number of ketones is 1. The van der Waals surface area contributed by atoms with Crippen LogP contribution in [0.5, 0.6) is 0 Å². The SMILES string of the molecule is CCOC1CC(CC(=O)Cc2nc(C(C)(C)C)cs2)C1. The molecule has 1 aromatic heterocycles. The van der Waals surface area contributed by atoms with Gasteiger partial charge in [-0.2, -0.15) is 0 Å². The van der Waals surface area contributed by atoms with E-state index in [1.807, 2.05) is 6.92 Å². The van der Waals surface area contributed by atoms with E-state index in [1.165, 1.54) is 0 Å². The maximum Gasteiger partial charge on any atom is 0.139 e. The lowest BCUT2D eigenvalue weighted by Crippen LogP contribution is -2.33. The van der Waals surface area contributed by atoms with E-state index < -0.39 is 0 Å². The van der Waals surface area contributed by atoms with Crippen molar-refractivity contribution in [3.05, 3.63) is 16.1 Å². The van der Waals surface area contributed by atoms with Crippen LogP contribution in [-0.2, 0) is 21.4 Å². The van der Waals surface area contributed by atoms with Crippen molar-refractivity contribution in [1.29, 1.82) is 0 Å². The molecule has 20 heavy (non-hydrogen) atoms. The number of carbonyl (C=O) groups excluding carboxylic acids is 1. The van der Waals surface area contributed by atoms with Gasteiger partial charge in [-0.3, -0.25) is 4.79 Å². The average Bonchev–Trinajstić information content (AvgIpc) is 2.74. The molecule has 0 bridgehead atoms. The Kier molecular flexibility index (Phi) is 4.97. The summed E-state index contributed by atoms with van der Waals surface area (Å²) in [6.45, 7) is 9.25. The molecule has 1 heterocycles. The topological polar surface area (TPSA) is 39.2 Å². The molecular formula is C16H25NO2S. The summed E-state index contributed by atoms with van der Waals surface area (Å²) in [6, 6.07) is 0. The van der Waals surface area contributed by atoms with Crippen molar-refractivity contribution in [1.82, 2.24) is 4.98 Å². The summed E-state index contributed by atoms with van der Waals surface area (Å²) in [5.41, 5.74) is 1.15. The van der Waals surface area contributed by atoms with E-state index >= 15 is 0 Å². The molecule has 0 N–H and O–H groups in total. The highest BCUT2D eigenvalue weighted by atomic mass is 32.1. The van der Waals surface area contributed by atoms with Crippen molar-refractivity contribution in [2.24, 2.45) is 5.92 Å². The molecule has 0 saturated heterocycles. The van der Waals surface area contributed by atoms with Gasteiger partial charge >= 0.3 is 0 Å². The lowest BCUT2D eigenvalue weighted by molar-refractivity contribution is -0.121. The van der Waals surface area contributed by atoms with Crippen molar-refractivity contribution >= 4 is 17.1 Å². The number of aromatic nitrogens is 1. The van der Waals surface area contributed by atoms with Crippen LogP contribution in [0.4, 0.5) is 0 Å². The summed E-state index contributed by atoms with van der Waals surface area (Å²) in [6.07, 6.45) is 3.67. The molecule has 1 aliphatic carbocycles. The van der Waals surface area contributed by atoms with Crippen molar-refractivity contribution in [2.45, 2.75) is 64.9 Å². The van der Waals surface area contributed by atoms with Crippen molar-refractivity contribution in [3.8, 4) is 0 Å². The Labute approximate surface area is 125 Å². The standard InChI is InChI=1S/C16H25NO2S/c1-5-19-13-7-11(8-13)6-12(18)9-15-17-14(10-20-15)16(2,3)4/h10-11,13H,5-9H2,1-4H3. The molecule has 1 fully saturated rings. The van der Waals surface area contributed by atoms with Crippen LogP contribution < -0.4 is 0 Å². The van der Waals surface area contributed by atoms with Crippen LogP contribution in [-0.4, -0.2) is 23.5 Å². The van der Waals surface area contributed by atoms with Crippen LogP contribution in [0.25, 0.3) is 0 Å². The van der Waals surface area contributed by atoms with E-state index in [2.05, 4.69) is 31.1 Å². The van der Waals surface area contributed by atoms with Crippen LogP contribution in [0.1, 0.15) is 57.7 Å². The minimum Gasteiger partial charge on any atom is -0.378 e. The summed E-state index contributed by atoms with van der Waals surface area (Å²) in [5, 5.41) is 3.04. The van der Waals surface area contributed by atoms with Crippen LogP contribution in [0.15, 0.2) is 5.38 Å². The fourth-order valence-electron chi connectivity index (χ4n) is 2.51. The van der Waals surface area contributed by atoms with Crippen LogP contribution in [0.2, 0.25) is 0 Å².